The highest BCUT2D eigenvalue weighted by atomic mass is 35.5. The molecule has 0 atom stereocenters. The van der Waals surface area contributed by atoms with Crippen LogP contribution in [0.15, 0.2) is 0 Å². The molecule has 2 saturated heterocycles. The monoisotopic (exact) mass is 218 g/mol. The fourth-order valence-corrected chi connectivity index (χ4v) is 2.03. The van der Waals surface area contributed by atoms with Crippen LogP contribution in [0.4, 0.5) is 0 Å². The van der Waals surface area contributed by atoms with Crippen molar-refractivity contribution in [2.24, 2.45) is 0 Å². The molecule has 0 aromatic rings. The summed E-state index contributed by atoms with van der Waals surface area (Å²) in [5.74, 6) is 0.816. The largest absolute Gasteiger partial charge is 0.317 e. The van der Waals surface area contributed by atoms with Gasteiger partial charge in [0.15, 0.2) is 0 Å². The maximum absolute atomic E-state index is 5.55. The van der Waals surface area contributed by atoms with Crippen LogP contribution in [0.25, 0.3) is 0 Å². The maximum atomic E-state index is 5.55. The molecule has 1 N–H and O–H groups in total. The van der Waals surface area contributed by atoms with Crippen LogP contribution in [0.2, 0.25) is 0 Å². The Balaban J connectivity index is 0.000000165. The topological polar surface area (TPSA) is 15.3 Å². The molecule has 3 heteroatoms. The van der Waals surface area contributed by atoms with Gasteiger partial charge in [-0.1, -0.05) is 0 Å². The highest BCUT2D eigenvalue weighted by Crippen LogP contribution is 2.07. The second kappa shape index (κ2) is 8.51. The Labute approximate surface area is 93.0 Å². The molecule has 84 valence electrons. The highest BCUT2D eigenvalue weighted by molar-refractivity contribution is 6.17. The standard InChI is InChI=1S/C7H14ClN.C4H9N/c8-4-3-7-9-5-1-2-6-9;1-2-4-5-3-1/h1-7H2;5H,1-4H2. The van der Waals surface area contributed by atoms with Crippen LogP contribution in [-0.2, 0) is 0 Å². The van der Waals surface area contributed by atoms with Crippen molar-refractivity contribution in [3.05, 3.63) is 0 Å². The molecule has 0 aromatic heterocycles. The fourth-order valence-electron chi connectivity index (χ4n) is 1.91. The third-order valence-electron chi connectivity index (χ3n) is 2.76. The lowest BCUT2D eigenvalue weighted by atomic mass is 10.4. The summed E-state index contributed by atoms with van der Waals surface area (Å²) in [5.41, 5.74) is 0. The van der Waals surface area contributed by atoms with E-state index in [1.54, 1.807) is 0 Å². The van der Waals surface area contributed by atoms with E-state index in [-0.39, 0.29) is 0 Å². The minimum atomic E-state index is 0.816. The maximum Gasteiger partial charge on any atom is 0.0235 e. The van der Waals surface area contributed by atoms with Crippen molar-refractivity contribution in [1.29, 1.82) is 0 Å². The van der Waals surface area contributed by atoms with Gasteiger partial charge in [0.25, 0.3) is 0 Å². The van der Waals surface area contributed by atoms with E-state index in [0.717, 1.165) is 12.3 Å². The van der Waals surface area contributed by atoms with Crippen LogP contribution in [0.3, 0.4) is 0 Å². The lowest BCUT2D eigenvalue weighted by Crippen LogP contribution is -2.20. The number of rotatable bonds is 3. The van der Waals surface area contributed by atoms with Crippen LogP contribution in [0, 0.1) is 0 Å². The normalized spacial score (nSPS) is 22.1. The molecule has 2 aliphatic rings. The van der Waals surface area contributed by atoms with Gasteiger partial charge < -0.3 is 10.2 Å². The Kier molecular flexibility index (Phi) is 7.47. The van der Waals surface area contributed by atoms with E-state index in [1.807, 2.05) is 0 Å². The van der Waals surface area contributed by atoms with Crippen molar-refractivity contribution in [3.8, 4) is 0 Å². The molecule has 2 nitrogen and oxygen atoms in total. The first kappa shape index (κ1) is 12.3. The summed E-state index contributed by atoms with van der Waals surface area (Å²) in [6, 6.07) is 0. The summed E-state index contributed by atoms with van der Waals surface area (Å²) >= 11 is 5.55. The summed E-state index contributed by atoms with van der Waals surface area (Å²) in [5, 5.41) is 3.22. The summed E-state index contributed by atoms with van der Waals surface area (Å²) in [6.45, 7) is 6.32. The number of hydrogen-bond donors (Lipinski definition) is 1. The molecule has 2 fully saturated rings. The molecule has 0 bridgehead atoms. The molecule has 0 aliphatic carbocycles. The van der Waals surface area contributed by atoms with Crippen LogP contribution < -0.4 is 5.32 Å². The van der Waals surface area contributed by atoms with Gasteiger partial charge >= 0.3 is 0 Å². The minimum Gasteiger partial charge on any atom is -0.317 e. The molecule has 0 saturated carbocycles. The van der Waals surface area contributed by atoms with Crippen LogP contribution in [0.1, 0.15) is 32.1 Å². The van der Waals surface area contributed by atoms with Crippen LogP contribution in [0.5, 0.6) is 0 Å². The van der Waals surface area contributed by atoms with Gasteiger partial charge in [-0.2, -0.15) is 0 Å². The fraction of sp³-hybridized carbons (Fsp3) is 1.00. The third kappa shape index (κ3) is 5.84. The number of halogens is 1. The van der Waals surface area contributed by atoms with Gasteiger partial charge in [0.2, 0.25) is 0 Å². The molecule has 0 amide bonds. The van der Waals surface area contributed by atoms with Gasteiger partial charge in [-0.15, -0.1) is 11.6 Å². The predicted octanol–water partition coefficient (Wildman–Crippen LogP) is 2.08. The van der Waals surface area contributed by atoms with E-state index in [1.165, 1.54) is 58.4 Å². The van der Waals surface area contributed by atoms with E-state index in [2.05, 4.69) is 10.2 Å². The third-order valence-corrected chi connectivity index (χ3v) is 3.03. The van der Waals surface area contributed by atoms with Gasteiger partial charge in [0.1, 0.15) is 0 Å². The smallest absolute Gasteiger partial charge is 0.0235 e. The molecule has 2 aliphatic heterocycles. The molecule has 0 aromatic carbocycles. The van der Waals surface area contributed by atoms with E-state index in [0.29, 0.717) is 0 Å². The Morgan fingerprint density at radius 3 is 2.07 bits per heavy atom. The molecular formula is C11H23ClN2. The number of likely N-dealkylation sites (tertiary alicyclic amines) is 1. The molecule has 2 rings (SSSR count). The molecule has 0 unspecified atom stereocenters. The Morgan fingerprint density at radius 2 is 1.64 bits per heavy atom. The molecule has 0 spiro atoms. The number of nitrogens with zero attached hydrogens (tertiary/aromatic N) is 1. The SMILES string of the molecule is C1CCNC1.ClCCCN1CCCC1. The molecule has 14 heavy (non-hydrogen) atoms. The van der Waals surface area contributed by atoms with Crippen molar-refractivity contribution in [1.82, 2.24) is 10.2 Å². The van der Waals surface area contributed by atoms with E-state index >= 15 is 0 Å². The average Bonchev–Trinajstić information content (AvgIpc) is 2.90. The van der Waals surface area contributed by atoms with E-state index < -0.39 is 0 Å². The summed E-state index contributed by atoms with van der Waals surface area (Å²) in [7, 11) is 0. The second-order valence-corrected chi connectivity index (χ2v) is 4.43. The van der Waals surface area contributed by atoms with Crippen molar-refractivity contribution >= 4 is 11.6 Å². The molecular weight excluding hydrogens is 196 g/mol. The highest BCUT2D eigenvalue weighted by Gasteiger charge is 2.09. The lowest BCUT2D eigenvalue weighted by Gasteiger charge is -2.12. The van der Waals surface area contributed by atoms with Gasteiger partial charge in [-0.25, -0.2) is 0 Å². The van der Waals surface area contributed by atoms with Gasteiger partial charge in [0.05, 0.1) is 0 Å². The number of alkyl halides is 1. The zero-order valence-corrected chi connectivity index (χ0v) is 9.86. The summed E-state index contributed by atoms with van der Waals surface area (Å²) in [4.78, 5) is 2.49. The van der Waals surface area contributed by atoms with Crippen molar-refractivity contribution < 1.29 is 0 Å². The van der Waals surface area contributed by atoms with Crippen molar-refractivity contribution in [3.63, 3.8) is 0 Å². The lowest BCUT2D eigenvalue weighted by molar-refractivity contribution is 0.340. The number of hydrogen-bond acceptors (Lipinski definition) is 2. The summed E-state index contributed by atoms with van der Waals surface area (Å²) in [6.07, 6.45) is 6.71. The number of nitrogens with one attached hydrogen (secondary N) is 1. The molecule has 2 heterocycles. The zero-order chi connectivity index (χ0) is 10.1. The van der Waals surface area contributed by atoms with Crippen LogP contribution >= 0.6 is 11.6 Å². The van der Waals surface area contributed by atoms with Gasteiger partial charge in [-0.05, 0) is 64.8 Å². The zero-order valence-electron chi connectivity index (χ0n) is 9.10. The Hall–Kier alpha value is 0.210. The van der Waals surface area contributed by atoms with Crippen LogP contribution in [-0.4, -0.2) is 43.5 Å². The second-order valence-electron chi connectivity index (χ2n) is 4.05. The summed E-state index contributed by atoms with van der Waals surface area (Å²) < 4.78 is 0. The first-order valence-corrected chi connectivity index (χ1v) is 6.46. The van der Waals surface area contributed by atoms with Gasteiger partial charge in [0, 0.05) is 5.88 Å². The Morgan fingerprint density at radius 1 is 1.00 bits per heavy atom. The quantitative estimate of drug-likeness (QED) is 0.730. The molecule has 0 radical (unpaired) electrons. The van der Waals surface area contributed by atoms with E-state index in [4.69, 9.17) is 11.6 Å². The average molecular weight is 219 g/mol. The predicted molar refractivity (Wildman–Crippen MR) is 63.1 cm³/mol. The Bertz CT molecular complexity index is 113. The minimum absolute atomic E-state index is 0.816. The van der Waals surface area contributed by atoms with E-state index in [9.17, 15) is 0 Å². The first-order valence-electron chi connectivity index (χ1n) is 5.92. The van der Waals surface area contributed by atoms with Gasteiger partial charge in [-0.3, -0.25) is 0 Å². The van der Waals surface area contributed by atoms with Crippen molar-refractivity contribution in [2.45, 2.75) is 32.1 Å². The van der Waals surface area contributed by atoms with Crippen molar-refractivity contribution in [2.75, 3.05) is 38.6 Å². The first-order chi connectivity index (χ1) is 6.93.